The Balaban J connectivity index is 2.13. The van der Waals surface area contributed by atoms with Gasteiger partial charge in [-0.25, -0.2) is 13.1 Å². The van der Waals surface area contributed by atoms with E-state index in [9.17, 15) is 13.2 Å². The molecule has 0 atom stereocenters. The summed E-state index contributed by atoms with van der Waals surface area (Å²) in [6, 6.07) is 12.5. The second-order valence-electron chi connectivity index (χ2n) is 4.55. The van der Waals surface area contributed by atoms with E-state index in [-0.39, 0.29) is 23.8 Å². The van der Waals surface area contributed by atoms with E-state index < -0.39 is 10.0 Å². The van der Waals surface area contributed by atoms with E-state index in [1.807, 2.05) is 18.2 Å². The molecule has 0 unspecified atom stereocenters. The van der Waals surface area contributed by atoms with Crippen LogP contribution in [0.15, 0.2) is 47.4 Å². The van der Waals surface area contributed by atoms with Gasteiger partial charge in [-0.2, -0.15) is 0 Å². The Hall–Kier alpha value is -1.92. The van der Waals surface area contributed by atoms with Gasteiger partial charge in [-0.1, -0.05) is 36.4 Å². The van der Waals surface area contributed by atoms with Crippen LogP contribution < -0.4 is 4.72 Å². The molecule has 1 N–H and O–H groups in total. The van der Waals surface area contributed by atoms with E-state index in [1.165, 1.54) is 7.11 Å². The van der Waals surface area contributed by atoms with Crippen molar-refractivity contribution >= 4 is 26.8 Å². The van der Waals surface area contributed by atoms with Crippen LogP contribution in [0.5, 0.6) is 0 Å². The number of benzene rings is 2. The molecule has 0 heterocycles. The summed E-state index contributed by atoms with van der Waals surface area (Å²) in [5, 5.41) is 1.55. The molecule has 0 radical (unpaired) electrons. The van der Waals surface area contributed by atoms with Crippen molar-refractivity contribution in [1.29, 1.82) is 0 Å². The van der Waals surface area contributed by atoms with Crippen LogP contribution in [0.2, 0.25) is 0 Å². The first-order chi connectivity index (χ1) is 10.0. The smallest absolute Gasteiger partial charge is 0.305 e. The number of carbonyl (C=O) groups excluding carboxylic acids is 1. The van der Waals surface area contributed by atoms with Crippen molar-refractivity contribution in [1.82, 2.24) is 4.72 Å². The maximum absolute atomic E-state index is 12.3. The molecule has 0 aromatic heterocycles. The summed E-state index contributed by atoms with van der Waals surface area (Å²) in [4.78, 5) is 11.2. The van der Waals surface area contributed by atoms with Gasteiger partial charge in [-0.3, -0.25) is 4.79 Å². The Kier molecular flexibility index (Phi) is 4.93. The summed E-state index contributed by atoms with van der Waals surface area (Å²) in [6.07, 6.45) is 0.589. The van der Waals surface area contributed by atoms with Crippen LogP contribution in [0.1, 0.15) is 12.8 Å². The van der Waals surface area contributed by atoms with Gasteiger partial charge >= 0.3 is 5.97 Å². The minimum Gasteiger partial charge on any atom is -0.469 e. The second-order valence-corrected chi connectivity index (χ2v) is 6.29. The third-order valence-corrected chi connectivity index (χ3v) is 4.64. The molecular weight excluding hydrogens is 290 g/mol. The average molecular weight is 307 g/mol. The SMILES string of the molecule is COC(=O)CCCNS(=O)(=O)c1cccc2ccccc12. The molecule has 0 amide bonds. The van der Waals surface area contributed by atoms with Crippen molar-refractivity contribution in [2.45, 2.75) is 17.7 Å². The molecule has 2 rings (SSSR count). The van der Waals surface area contributed by atoms with Crippen LogP contribution in [0.25, 0.3) is 10.8 Å². The number of fused-ring (bicyclic) bond motifs is 1. The fourth-order valence-corrected chi connectivity index (χ4v) is 3.35. The van der Waals surface area contributed by atoms with Crippen LogP contribution in [0, 0.1) is 0 Å². The minimum atomic E-state index is -3.59. The topological polar surface area (TPSA) is 72.5 Å². The highest BCUT2D eigenvalue weighted by Crippen LogP contribution is 2.22. The van der Waals surface area contributed by atoms with Crippen LogP contribution in [0.4, 0.5) is 0 Å². The maximum atomic E-state index is 12.3. The molecule has 0 saturated carbocycles. The zero-order valence-electron chi connectivity index (χ0n) is 11.7. The molecule has 2 aromatic rings. The van der Waals surface area contributed by atoms with Crippen molar-refractivity contribution in [3.8, 4) is 0 Å². The minimum absolute atomic E-state index is 0.189. The Morgan fingerprint density at radius 3 is 2.62 bits per heavy atom. The van der Waals surface area contributed by atoms with Crippen molar-refractivity contribution in [3.63, 3.8) is 0 Å². The molecule has 0 saturated heterocycles. The number of nitrogens with one attached hydrogen (secondary N) is 1. The number of ether oxygens (including phenoxy) is 1. The molecule has 0 bridgehead atoms. The highest BCUT2D eigenvalue weighted by atomic mass is 32.2. The standard InChI is InChI=1S/C15H17NO4S/c1-20-15(17)10-5-11-16-21(18,19)14-9-4-7-12-6-2-3-8-13(12)14/h2-4,6-9,16H,5,10-11H2,1H3. The molecule has 0 spiro atoms. The van der Waals surface area contributed by atoms with E-state index >= 15 is 0 Å². The van der Waals surface area contributed by atoms with Crippen LogP contribution in [0.3, 0.4) is 0 Å². The number of carbonyl (C=O) groups is 1. The van der Waals surface area contributed by atoms with Gasteiger partial charge in [0.1, 0.15) is 0 Å². The number of rotatable bonds is 6. The molecule has 21 heavy (non-hydrogen) atoms. The maximum Gasteiger partial charge on any atom is 0.305 e. The first kappa shape index (κ1) is 15.5. The van der Waals surface area contributed by atoms with E-state index in [0.29, 0.717) is 11.8 Å². The highest BCUT2D eigenvalue weighted by Gasteiger charge is 2.16. The lowest BCUT2D eigenvalue weighted by atomic mass is 10.1. The Bertz CT molecular complexity index is 735. The van der Waals surface area contributed by atoms with Crippen molar-refractivity contribution in [2.75, 3.05) is 13.7 Å². The molecule has 0 aliphatic heterocycles. The highest BCUT2D eigenvalue weighted by molar-refractivity contribution is 7.89. The van der Waals surface area contributed by atoms with Gasteiger partial charge in [0.25, 0.3) is 0 Å². The van der Waals surface area contributed by atoms with E-state index in [0.717, 1.165) is 5.39 Å². The monoisotopic (exact) mass is 307 g/mol. The lowest BCUT2D eigenvalue weighted by Gasteiger charge is -2.09. The average Bonchev–Trinajstić information content (AvgIpc) is 2.50. The van der Waals surface area contributed by atoms with E-state index in [1.54, 1.807) is 24.3 Å². The first-order valence-corrected chi connectivity index (χ1v) is 8.07. The molecule has 6 heteroatoms. The Morgan fingerprint density at radius 1 is 1.14 bits per heavy atom. The molecule has 2 aromatic carbocycles. The van der Waals surface area contributed by atoms with Crippen molar-refractivity contribution < 1.29 is 17.9 Å². The third-order valence-electron chi connectivity index (χ3n) is 3.12. The summed E-state index contributed by atoms with van der Waals surface area (Å²) in [5.74, 6) is -0.348. The zero-order chi connectivity index (χ0) is 15.3. The molecule has 0 aliphatic carbocycles. The van der Waals surface area contributed by atoms with Crippen molar-refractivity contribution in [3.05, 3.63) is 42.5 Å². The van der Waals surface area contributed by atoms with Crippen LogP contribution in [-0.2, 0) is 19.6 Å². The lowest BCUT2D eigenvalue weighted by molar-refractivity contribution is -0.140. The molecule has 112 valence electrons. The summed E-state index contributed by atoms with van der Waals surface area (Å²) in [6.45, 7) is 0.195. The van der Waals surface area contributed by atoms with Gasteiger partial charge in [0.15, 0.2) is 0 Å². The number of sulfonamides is 1. The molecule has 0 aliphatic rings. The van der Waals surface area contributed by atoms with Gasteiger partial charge < -0.3 is 4.74 Å². The second kappa shape index (κ2) is 6.69. The zero-order valence-corrected chi connectivity index (χ0v) is 12.5. The third kappa shape index (κ3) is 3.80. The van der Waals surface area contributed by atoms with Gasteiger partial charge in [0, 0.05) is 18.4 Å². The normalized spacial score (nSPS) is 11.5. The Morgan fingerprint density at radius 2 is 1.86 bits per heavy atom. The van der Waals surface area contributed by atoms with Crippen molar-refractivity contribution in [2.24, 2.45) is 0 Å². The summed E-state index contributed by atoms with van der Waals surface area (Å²) in [5.41, 5.74) is 0. The fourth-order valence-electron chi connectivity index (χ4n) is 2.05. The molecular formula is C15H17NO4S. The molecule has 5 nitrogen and oxygen atoms in total. The number of esters is 1. The predicted molar refractivity (Wildman–Crippen MR) is 80.4 cm³/mol. The summed E-state index contributed by atoms with van der Waals surface area (Å²) >= 11 is 0. The summed E-state index contributed by atoms with van der Waals surface area (Å²) < 4.78 is 31.7. The van der Waals surface area contributed by atoms with Gasteiger partial charge in [0.05, 0.1) is 12.0 Å². The van der Waals surface area contributed by atoms with E-state index in [4.69, 9.17) is 0 Å². The number of methoxy groups -OCH3 is 1. The van der Waals surface area contributed by atoms with E-state index in [2.05, 4.69) is 9.46 Å². The fraction of sp³-hybridized carbons (Fsp3) is 0.267. The van der Waals surface area contributed by atoms with Gasteiger partial charge in [-0.15, -0.1) is 0 Å². The van der Waals surface area contributed by atoms with Gasteiger partial charge in [0.2, 0.25) is 10.0 Å². The molecule has 0 fully saturated rings. The number of hydrogen-bond donors (Lipinski definition) is 1. The van der Waals surface area contributed by atoms with Crippen LogP contribution in [-0.4, -0.2) is 28.0 Å². The predicted octanol–water partition coefficient (Wildman–Crippen LogP) is 2.07. The lowest BCUT2D eigenvalue weighted by Crippen LogP contribution is -2.25. The Labute approximate surface area is 124 Å². The first-order valence-electron chi connectivity index (χ1n) is 6.59. The van der Waals surface area contributed by atoms with Gasteiger partial charge in [-0.05, 0) is 17.9 Å². The van der Waals surface area contributed by atoms with Crippen LogP contribution >= 0.6 is 0 Å². The quantitative estimate of drug-likeness (QED) is 0.655. The number of hydrogen-bond acceptors (Lipinski definition) is 4. The largest absolute Gasteiger partial charge is 0.469 e. The summed E-state index contributed by atoms with van der Waals surface area (Å²) in [7, 11) is -2.29.